The summed E-state index contributed by atoms with van der Waals surface area (Å²) >= 11 is 0. The van der Waals surface area contributed by atoms with Gasteiger partial charge in [-0.15, -0.1) is 0 Å². The van der Waals surface area contributed by atoms with Gasteiger partial charge in [-0.1, -0.05) is 187 Å². The van der Waals surface area contributed by atoms with Gasteiger partial charge in [-0.2, -0.15) is 0 Å². The minimum Gasteiger partial charge on any atom is -0.353 e. The number of fused-ring (bicyclic) bond motifs is 18. The van der Waals surface area contributed by atoms with Gasteiger partial charge >= 0.3 is 0 Å². The lowest BCUT2D eigenvalue weighted by molar-refractivity contribution is 0.506. The number of aryl methyl sites for hydroxylation is 1. The van der Waals surface area contributed by atoms with Crippen LogP contribution in [-0.4, -0.2) is 11.3 Å². The average molecular weight is 914 g/mol. The highest BCUT2D eigenvalue weighted by Crippen LogP contribution is 2.52. The van der Waals surface area contributed by atoms with Gasteiger partial charge in [-0.3, -0.25) is 0 Å². The molecule has 12 aromatic rings. The zero-order valence-corrected chi connectivity index (χ0v) is 41.7. The predicted octanol–water partition coefficient (Wildman–Crippen LogP) is 16.6. The fourth-order valence-electron chi connectivity index (χ4n) is 12.9. The second-order valence-electron chi connectivity index (χ2n) is 21.7. The maximum absolute atomic E-state index is 2.69. The van der Waals surface area contributed by atoms with E-state index in [0.29, 0.717) is 0 Å². The summed E-state index contributed by atoms with van der Waals surface area (Å²) in [5.74, 6) is 0. The molecule has 342 valence electrons. The molecular formula is C67H56BN3. The molecule has 0 radical (unpaired) electrons. The monoisotopic (exact) mass is 913 g/mol. The van der Waals surface area contributed by atoms with Gasteiger partial charge in [0.1, 0.15) is 0 Å². The molecule has 11 aromatic carbocycles. The van der Waals surface area contributed by atoms with Crippen LogP contribution in [-0.2, 0) is 17.9 Å². The van der Waals surface area contributed by atoms with Crippen LogP contribution >= 0.6 is 0 Å². The second kappa shape index (κ2) is 15.1. The van der Waals surface area contributed by atoms with E-state index in [1.165, 1.54) is 137 Å². The van der Waals surface area contributed by atoms with Crippen molar-refractivity contribution in [2.75, 3.05) is 9.80 Å². The quantitative estimate of drug-likeness (QED) is 0.122. The summed E-state index contributed by atoms with van der Waals surface area (Å²) in [5.41, 5.74) is 15.3. The van der Waals surface area contributed by atoms with Gasteiger partial charge in [0.05, 0.1) is 17.1 Å². The Bertz CT molecular complexity index is 4160. The van der Waals surface area contributed by atoms with Crippen molar-refractivity contribution in [1.29, 1.82) is 0 Å². The first-order valence-corrected chi connectivity index (χ1v) is 25.7. The van der Waals surface area contributed by atoms with Crippen LogP contribution in [0.25, 0.3) is 75.5 Å². The molecule has 1 aromatic heterocycles. The van der Waals surface area contributed by atoms with Crippen LogP contribution in [0.3, 0.4) is 0 Å². The molecular weight excluding hydrogens is 858 g/mol. The maximum Gasteiger partial charge on any atom is 0.272 e. The summed E-state index contributed by atoms with van der Waals surface area (Å²) in [7, 11) is 2.33. The first-order chi connectivity index (χ1) is 34.6. The third-order valence-corrected chi connectivity index (χ3v) is 17.4. The van der Waals surface area contributed by atoms with Crippen molar-refractivity contribution in [3.8, 4) is 0 Å². The molecule has 4 heteroatoms. The Labute approximate surface area is 416 Å². The van der Waals surface area contributed by atoms with Gasteiger partial charge in [0, 0.05) is 51.4 Å². The molecule has 0 N–H and O–H groups in total. The van der Waals surface area contributed by atoms with Crippen molar-refractivity contribution in [3.05, 3.63) is 199 Å². The van der Waals surface area contributed by atoms with Gasteiger partial charge in [0.25, 0.3) is 6.71 Å². The highest BCUT2D eigenvalue weighted by Gasteiger charge is 2.47. The molecule has 0 saturated heterocycles. The summed E-state index contributed by atoms with van der Waals surface area (Å²) in [4.78, 5) is 5.32. The molecule has 0 bridgehead atoms. The lowest BCUT2D eigenvalue weighted by atomic mass is 9.34. The summed E-state index contributed by atoms with van der Waals surface area (Å²) in [5, 5.41) is 16.6. The first kappa shape index (κ1) is 42.1. The molecule has 0 saturated carbocycles. The molecule has 3 nitrogen and oxygen atoms in total. The van der Waals surface area contributed by atoms with Crippen LogP contribution in [0.15, 0.2) is 188 Å². The Morgan fingerprint density at radius 2 is 0.775 bits per heavy atom. The van der Waals surface area contributed by atoms with Crippen LogP contribution in [0, 0.1) is 0 Å². The Morgan fingerprint density at radius 1 is 0.380 bits per heavy atom. The Hall–Kier alpha value is -7.82. The smallest absolute Gasteiger partial charge is 0.272 e. The van der Waals surface area contributed by atoms with E-state index < -0.39 is 0 Å². The van der Waals surface area contributed by atoms with Crippen molar-refractivity contribution < 1.29 is 0 Å². The summed E-state index contributed by atoms with van der Waals surface area (Å²) in [6, 6.07) is 72.0. The standard InChI is InChI=1S/C67H56BN3/c1-8-66(3,4)41-35-37-55-53(39-41)64-65(69(55)7)68-54-40-42(67(5,6)9-2)36-38-56(54)70(57-31-18-29-51-47-23-12-10-21-43(47)45-25-14-16-27-49(45)61(51)57)59-33-20-34-60(63(59)68)71(64)58-32-19-30-52-48-24-13-11-22-44(48)46-26-15-17-28-50(46)62(52)58/h10-40H,8-9H2,1-7H3. The number of rotatable bonds is 6. The van der Waals surface area contributed by atoms with E-state index in [1.54, 1.807) is 0 Å². The number of nitrogens with zero attached hydrogens (tertiary/aromatic N) is 3. The minimum atomic E-state index is -0.0496. The highest BCUT2D eigenvalue weighted by molar-refractivity contribution is 7.00. The zero-order valence-electron chi connectivity index (χ0n) is 41.7. The summed E-state index contributed by atoms with van der Waals surface area (Å²) < 4.78 is 2.55. The van der Waals surface area contributed by atoms with Crippen molar-refractivity contribution >= 4 is 133 Å². The normalized spacial score (nSPS) is 13.6. The topological polar surface area (TPSA) is 11.4 Å². The third kappa shape index (κ3) is 5.73. The largest absolute Gasteiger partial charge is 0.353 e. The van der Waals surface area contributed by atoms with Crippen molar-refractivity contribution in [2.45, 2.75) is 65.2 Å². The SMILES string of the molecule is CCC(C)(C)c1ccc2c(c1)B1c3c(cccc3N(c3cccc4c5ccccc5c5ccccc5c34)c3c1n(C)c1ccc(C(C)(C)CC)cc31)N2c1cccc2c3ccccc3c3ccccc3c12. The van der Waals surface area contributed by atoms with Crippen molar-refractivity contribution in [1.82, 2.24) is 4.57 Å². The average Bonchev–Trinajstić information content (AvgIpc) is 3.71. The van der Waals surface area contributed by atoms with Gasteiger partial charge in [-0.25, -0.2) is 0 Å². The lowest BCUT2D eigenvalue weighted by Crippen LogP contribution is -2.63. The lowest BCUT2D eigenvalue weighted by Gasteiger charge is -2.44. The number of benzene rings is 11. The number of hydrogen-bond donors (Lipinski definition) is 0. The Balaban J connectivity index is 1.16. The number of aromatic nitrogens is 1. The molecule has 0 amide bonds. The molecule has 14 rings (SSSR count). The number of anilines is 6. The Morgan fingerprint density at radius 3 is 1.28 bits per heavy atom. The van der Waals surface area contributed by atoms with Crippen molar-refractivity contribution in [3.63, 3.8) is 0 Å². The molecule has 0 aliphatic carbocycles. The van der Waals surface area contributed by atoms with Gasteiger partial charge in [0.15, 0.2) is 0 Å². The van der Waals surface area contributed by atoms with Crippen LogP contribution in [0.2, 0.25) is 0 Å². The third-order valence-electron chi connectivity index (χ3n) is 17.4. The van der Waals surface area contributed by atoms with Gasteiger partial charge in [0.2, 0.25) is 0 Å². The van der Waals surface area contributed by atoms with E-state index in [4.69, 9.17) is 0 Å². The molecule has 2 aliphatic rings. The summed E-state index contributed by atoms with van der Waals surface area (Å²) in [6.45, 7) is 14.2. The maximum atomic E-state index is 2.69. The fraction of sp³-hybridized carbons (Fsp3) is 0.164. The van der Waals surface area contributed by atoms with Crippen LogP contribution < -0.4 is 26.3 Å². The van der Waals surface area contributed by atoms with E-state index in [2.05, 4.69) is 251 Å². The summed E-state index contributed by atoms with van der Waals surface area (Å²) in [6.07, 6.45) is 2.09. The van der Waals surface area contributed by atoms with E-state index >= 15 is 0 Å². The number of hydrogen-bond acceptors (Lipinski definition) is 2. The molecule has 0 fully saturated rings. The van der Waals surface area contributed by atoms with Crippen molar-refractivity contribution in [2.24, 2.45) is 7.05 Å². The molecule has 71 heavy (non-hydrogen) atoms. The van der Waals surface area contributed by atoms with Crippen LogP contribution in [0.4, 0.5) is 34.1 Å². The minimum absolute atomic E-state index is 0.00256. The second-order valence-corrected chi connectivity index (χ2v) is 21.7. The Kier molecular flexibility index (Phi) is 8.95. The van der Waals surface area contributed by atoms with E-state index in [1.807, 2.05) is 0 Å². The van der Waals surface area contributed by atoms with Crippen LogP contribution in [0.1, 0.15) is 65.5 Å². The molecule has 0 spiro atoms. The highest BCUT2D eigenvalue weighted by atomic mass is 15.2. The van der Waals surface area contributed by atoms with E-state index in [-0.39, 0.29) is 17.5 Å². The van der Waals surface area contributed by atoms with Crippen LogP contribution in [0.5, 0.6) is 0 Å². The zero-order chi connectivity index (χ0) is 48.1. The van der Waals surface area contributed by atoms with Gasteiger partial charge < -0.3 is 14.4 Å². The van der Waals surface area contributed by atoms with E-state index in [0.717, 1.165) is 12.8 Å². The predicted molar refractivity (Wildman–Crippen MR) is 309 cm³/mol. The molecule has 2 aliphatic heterocycles. The molecule has 0 atom stereocenters. The molecule has 0 unspecified atom stereocenters. The first-order valence-electron chi connectivity index (χ1n) is 25.7. The van der Waals surface area contributed by atoms with Gasteiger partial charge in [-0.05, 0) is 142 Å². The van der Waals surface area contributed by atoms with E-state index in [9.17, 15) is 0 Å². The molecule has 3 heterocycles. The fourth-order valence-corrected chi connectivity index (χ4v) is 12.9.